The molecular weight excluding hydrogens is 202 g/mol. The number of nitrogens with zero attached hydrogens (tertiary/aromatic N) is 1. The van der Waals surface area contributed by atoms with Crippen LogP contribution in [0.3, 0.4) is 0 Å². The van der Waals surface area contributed by atoms with Crippen molar-refractivity contribution in [3.05, 3.63) is 0 Å². The molecule has 1 N–H and O–H groups in total. The molecular formula is C6H8ClNO3S. The van der Waals surface area contributed by atoms with Gasteiger partial charge in [0.15, 0.2) is 5.37 Å². The normalized spacial score (nSPS) is 26.6. The zero-order chi connectivity index (χ0) is 10.0. The Morgan fingerprint density at radius 3 is 3.00 bits per heavy atom. The molecule has 0 bridgehead atoms. The summed E-state index contributed by atoms with van der Waals surface area (Å²) < 4.78 is 6.95. The summed E-state index contributed by atoms with van der Waals surface area (Å²) in [5.74, 6) is -2.53. The average Bonchev–Trinajstić information content (AvgIpc) is 2.50. The molecule has 4 nitrogen and oxygen atoms in total. The summed E-state index contributed by atoms with van der Waals surface area (Å²) in [6, 6.07) is 0. The third-order valence-electron chi connectivity index (χ3n) is 1.48. The van der Waals surface area contributed by atoms with Crippen LogP contribution in [0.15, 0.2) is 0 Å². The maximum Gasteiger partial charge on any atom is 0.337 e. The largest absolute Gasteiger partial charge is 0.479 e. The van der Waals surface area contributed by atoms with Gasteiger partial charge >= 0.3 is 5.97 Å². The van der Waals surface area contributed by atoms with E-state index in [1.165, 1.54) is 11.8 Å². The third-order valence-corrected chi connectivity index (χ3v) is 2.86. The second-order valence-electron chi connectivity index (χ2n) is 2.20. The van der Waals surface area contributed by atoms with Crippen molar-refractivity contribution in [2.75, 3.05) is 18.2 Å². The lowest BCUT2D eigenvalue weighted by Crippen LogP contribution is -2.39. The van der Waals surface area contributed by atoms with Gasteiger partial charge < -0.3 is 10.0 Å². The highest BCUT2D eigenvalue weighted by Crippen LogP contribution is 2.23. The molecule has 1 rings (SSSR count). The van der Waals surface area contributed by atoms with Crippen molar-refractivity contribution < 1.29 is 16.1 Å². The van der Waals surface area contributed by atoms with Gasteiger partial charge in [0.2, 0.25) is 5.91 Å². The summed E-state index contributed by atoms with van der Waals surface area (Å²) in [6.07, 6.45) is 0. The Hall–Kier alpha value is -0.420. The number of hydrogen-bond acceptors (Lipinski definition) is 3. The quantitative estimate of drug-likeness (QED) is 0.663. The molecule has 1 amide bonds. The number of carbonyl (C=O) groups excluding carboxylic acids is 1. The average molecular weight is 211 g/mol. The maximum atomic E-state index is 11.2. The van der Waals surface area contributed by atoms with Crippen LogP contribution in [-0.4, -0.2) is 45.4 Å². The lowest BCUT2D eigenvalue weighted by atomic mass is 10.4. The van der Waals surface area contributed by atoms with Crippen LogP contribution in [0.25, 0.3) is 0 Å². The predicted octanol–water partition coefficient (Wildman–Crippen LogP) is 0.211. The minimum atomic E-state index is -1.40. The third kappa shape index (κ3) is 1.84. The molecule has 0 radical (unpaired) electrons. The van der Waals surface area contributed by atoms with Gasteiger partial charge in [-0.05, 0) is 0 Å². The van der Waals surface area contributed by atoms with Gasteiger partial charge in [-0.1, -0.05) is 0 Å². The number of rotatable bonds is 2. The summed E-state index contributed by atoms with van der Waals surface area (Å²) in [5.41, 5.74) is 0. The van der Waals surface area contributed by atoms with Crippen LogP contribution in [-0.2, 0) is 9.59 Å². The SMILES string of the molecule is [2H]C(Cl)C(=O)N1CCSC1C(=O)O. The number of amides is 1. The van der Waals surface area contributed by atoms with Crippen LogP contribution >= 0.6 is 23.4 Å². The van der Waals surface area contributed by atoms with Crippen molar-refractivity contribution in [1.82, 2.24) is 4.90 Å². The summed E-state index contributed by atoms with van der Waals surface area (Å²) in [4.78, 5) is 22.9. The fourth-order valence-electron chi connectivity index (χ4n) is 0.963. The van der Waals surface area contributed by atoms with Gasteiger partial charge in [0.1, 0.15) is 5.86 Å². The second-order valence-corrected chi connectivity index (χ2v) is 3.61. The molecule has 0 aromatic carbocycles. The van der Waals surface area contributed by atoms with E-state index in [1.807, 2.05) is 0 Å². The standard InChI is InChI=1S/C6H8ClNO3S/c7-3-4(9)8-1-2-12-5(8)6(10)11/h5H,1-3H2,(H,10,11)/i3D. The number of carboxylic acids is 1. The van der Waals surface area contributed by atoms with Gasteiger partial charge in [-0.3, -0.25) is 4.79 Å². The molecule has 0 saturated carbocycles. The Morgan fingerprint density at radius 1 is 1.83 bits per heavy atom. The number of halogens is 1. The molecule has 1 saturated heterocycles. The Morgan fingerprint density at radius 2 is 2.50 bits per heavy atom. The zero-order valence-corrected chi connectivity index (χ0v) is 7.64. The smallest absolute Gasteiger partial charge is 0.337 e. The number of alkyl halides is 1. The maximum absolute atomic E-state index is 11.2. The predicted molar refractivity (Wildman–Crippen MR) is 46.3 cm³/mol. The number of thioether (sulfide) groups is 1. The molecule has 1 aliphatic rings. The molecule has 0 aromatic heterocycles. The molecule has 0 aromatic rings. The van der Waals surface area contributed by atoms with Crippen LogP contribution in [0.1, 0.15) is 1.37 Å². The fraction of sp³-hybridized carbons (Fsp3) is 0.667. The Bertz CT molecular complexity index is 238. The topological polar surface area (TPSA) is 57.6 Å². The van der Waals surface area contributed by atoms with Gasteiger partial charge in [-0.15, -0.1) is 23.4 Å². The minimum Gasteiger partial charge on any atom is -0.479 e. The molecule has 68 valence electrons. The Labute approximate surface area is 80.3 Å². The van der Waals surface area contributed by atoms with E-state index in [9.17, 15) is 9.59 Å². The lowest BCUT2D eigenvalue weighted by Gasteiger charge is -2.18. The van der Waals surface area contributed by atoms with E-state index in [-0.39, 0.29) is 0 Å². The van der Waals surface area contributed by atoms with E-state index < -0.39 is 23.1 Å². The van der Waals surface area contributed by atoms with Gasteiger partial charge in [0.25, 0.3) is 0 Å². The van der Waals surface area contributed by atoms with E-state index in [0.717, 1.165) is 4.90 Å². The van der Waals surface area contributed by atoms with Gasteiger partial charge in [-0.25, -0.2) is 4.79 Å². The van der Waals surface area contributed by atoms with Crippen LogP contribution < -0.4 is 0 Å². The molecule has 2 unspecified atom stereocenters. The molecule has 1 fully saturated rings. The van der Waals surface area contributed by atoms with Crippen molar-refractivity contribution in [3.63, 3.8) is 0 Å². The van der Waals surface area contributed by atoms with Crippen molar-refractivity contribution in [1.29, 1.82) is 0 Å². The van der Waals surface area contributed by atoms with Crippen LogP contribution in [0.2, 0.25) is 0 Å². The Balaban J connectivity index is 2.68. The fourth-order valence-corrected chi connectivity index (χ4v) is 2.15. The molecule has 1 aliphatic heterocycles. The number of hydrogen-bond donors (Lipinski definition) is 1. The van der Waals surface area contributed by atoms with Crippen molar-refractivity contribution in [3.8, 4) is 0 Å². The minimum absolute atomic E-state index is 0.350. The van der Waals surface area contributed by atoms with E-state index in [2.05, 4.69) is 0 Å². The van der Waals surface area contributed by atoms with Crippen LogP contribution in [0.5, 0.6) is 0 Å². The number of carboxylic acid groups (broad SMARTS) is 1. The molecule has 0 aliphatic carbocycles. The second kappa shape index (κ2) is 4.00. The first kappa shape index (κ1) is 8.19. The molecule has 12 heavy (non-hydrogen) atoms. The van der Waals surface area contributed by atoms with Crippen LogP contribution in [0, 0.1) is 0 Å². The summed E-state index contributed by atoms with van der Waals surface area (Å²) >= 11 is 6.42. The number of carbonyl (C=O) groups is 2. The van der Waals surface area contributed by atoms with E-state index in [1.54, 1.807) is 0 Å². The molecule has 0 spiro atoms. The molecule has 2 atom stereocenters. The van der Waals surface area contributed by atoms with Crippen molar-refractivity contribution in [2.24, 2.45) is 0 Å². The molecule has 1 heterocycles. The first-order chi connectivity index (χ1) is 6.04. The van der Waals surface area contributed by atoms with E-state index in [4.69, 9.17) is 18.1 Å². The van der Waals surface area contributed by atoms with Gasteiger partial charge in [-0.2, -0.15) is 0 Å². The first-order valence-corrected chi connectivity index (χ1v) is 4.74. The highest BCUT2D eigenvalue weighted by molar-refractivity contribution is 8.00. The zero-order valence-electron chi connectivity index (χ0n) is 7.07. The van der Waals surface area contributed by atoms with Gasteiger partial charge in [0, 0.05) is 12.3 Å². The van der Waals surface area contributed by atoms with Crippen molar-refractivity contribution >= 4 is 35.2 Å². The summed E-state index contributed by atoms with van der Waals surface area (Å²) in [6.45, 7) is 0.350. The highest BCUT2D eigenvalue weighted by Gasteiger charge is 2.33. The first-order valence-electron chi connectivity index (χ1n) is 3.83. The highest BCUT2D eigenvalue weighted by atomic mass is 35.5. The van der Waals surface area contributed by atoms with E-state index in [0.29, 0.717) is 12.3 Å². The summed E-state index contributed by atoms with van der Waals surface area (Å²) in [7, 11) is 0. The van der Waals surface area contributed by atoms with E-state index >= 15 is 0 Å². The van der Waals surface area contributed by atoms with Gasteiger partial charge in [0.05, 0.1) is 1.37 Å². The monoisotopic (exact) mass is 210 g/mol. The Kier molecular flexibility index (Phi) is 2.73. The lowest BCUT2D eigenvalue weighted by molar-refractivity contribution is -0.144. The van der Waals surface area contributed by atoms with Crippen molar-refractivity contribution in [2.45, 2.75) is 5.37 Å². The number of aliphatic carboxylic acids is 1. The van der Waals surface area contributed by atoms with Crippen LogP contribution in [0.4, 0.5) is 0 Å². The molecule has 6 heteroatoms. The summed E-state index contributed by atoms with van der Waals surface area (Å²) in [5, 5.41) is 7.82.